The third-order valence-electron chi connectivity index (χ3n) is 5.43. The predicted octanol–water partition coefficient (Wildman–Crippen LogP) is 3.64. The van der Waals surface area contributed by atoms with Crippen LogP contribution in [0.1, 0.15) is 18.4 Å². The number of anilines is 1. The number of carboxylic acids is 1. The maximum Gasteiger partial charge on any atom is 0.490 e. The second-order valence-corrected chi connectivity index (χ2v) is 8.89. The SMILES string of the molecule is NCCC1Cc2ccccc2N(C(=O)CCn2sc3ccccc3c2=O)C1.O=C(O)C(F)(F)F. The molecule has 11 heteroatoms. The van der Waals surface area contributed by atoms with E-state index in [2.05, 4.69) is 6.07 Å². The van der Waals surface area contributed by atoms with Crippen molar-refractivity contribution in [1.82, 2.24) is 3.96 Å². The molecule has 1 aliphatic rings. The minimum atomic E-state index is -5.08. The molecule has 7 nitrogen and oxygen atoms in total. The van der Waals surface area contributed by atoms with Crippen molar-refractivity contribution < 1.29 is 27.9 Å². The van der Waals surface area contributed by atoms with Crippen molar-refractivity contribution in [3.63, 3.8) is 0 Å². The molecule has 0 spiro atoms. The van der Waals surface area contributed by atoms with E-state index in [1.165, 1.54) is 17.1 Å². The second-order valence-electron chi connectivity index (χ2n) is 7.83. The van der Waals surface area contributed by atoms with Gasteiger partial charge in [-0.2, -0.15) is 13.2 Å². The first-order chi connectivity index (χ1) is 16.1. The largest absolute Gasteiger partial charge is 0.490 e. The Hall–Kier alpha value is -3.18. The van der Waals surface area contributed by atoms with E-state index in [0.717, 1.165) is 28.6 Å². The van der Waals surface area contributed by atoms with Gasteiger partial charge in [-0.15, -0.1) is 0 Å². The molecule has 182 valence electrons. The zero-order valence-electron chi connectivity index (χ0n) is 18.1. The second kappa shape index (κ2) is 10.8. The Morgan fingerprint density at radius 2 is 1.76 bits per heavy atom. The van der Waals surface area contributed by atoms with Crippen LogP contribution in [0.25, 0.3) is 10.1 Å². The summed E-state index contributed by atoms with van der Waals surface area (Å²) in [4.78, 5) is 36.3. The number of hydrogen-bond acceptors (Lipinski definition) is 5. The molecule has 0 saturated carbocycles. The number of alkyl halides is 3. The summed E-state index contributed by atoms with van der Waals surface area (Å²) in [5, 5.41) is 7.85. The number of aromatic nitrogens is 1. The van der Waals surface area contributed by atoms with Gasteiger partial charge in [0.15, 0.2) is 0 Å². The first-order valence-corrected chi connectivity index (χ1v) is 11.4. The lowest BCUT2D eigenvalue weighted by molar-refractivity contribution is -0.192. The van der Waals surface area contributed by atoms with Crippen molar-refractivity contribution >= 4 is 39.2 Å². The number of halogens is 3. The third kappa shape index (κ3) is 6.03. The van der Waals surface area contributed by atoms with Crippen molar-refractivity contribution in [2.45, 2.75) is 32.0 Å². The van der Waals surface area contributed by atoms with Crippen LogP contribution in [0.2, 0.25) is 0 Å². The smallest absolute Gasteiger partial charge is 0.475 e. The topological polar surface area (TPSA) is 106 Å². The van der Waals surface area contributed by atoms with Crippen molar-refractivity contribution in [2.24, 2.45) is 11.7 Å². The third-order valence-corrected chi connectivity index (χ3v) is 6.55. The lowest BCUT2D eigenvalue weighted by Gasteiger charge is -2.34. The number of carbonyl (C=O) groups excluding carboxylic acids is 1. The highest BCUT2D eigenvalue weighted by Gasteiger charge is 2.38. The first kappa shape index (κ1) is 25.4. The Morgan fingerprint density at radius 3 is 2.41 bits per heavy atom. The number of nitrogens with zero attached hydrogens (tertiary/aromatic N) is 2. The summed E-state index contributed by atoms with van der Waals surface area (Å²) >= 11 is 1.42. The highest BCUT2D eigenvalue weighted by atomic mass is 32.1. The van der Waals surface area contributed by atoms with Gasteiger partial charge in [0.25, 0.3) is 5.56 Å². The van der Waals surface area contributed by atoms with Crippen LogP contribution in [0.4, 0.5) is 18.9 Å². The van der Waals surface area contributed by atoms with Crippen LogP contribution in [-0.2, 0) is 22.6 Å². The number of nitrogens with two attached hydrogens (primary N) is 1. The Bertz CT molecular complexity index is 1220. The van der Waals surface area contributed by atoms with Gasteiger partial charge in [0.2, 0.25) is 5.91 Å². The Balaban J connectivity index is 0.000000406. The van der Waals surface area contributed by atoms with E-state index in [0.29, 0.717) is 32.0 Å². The van der Waals surface area contributed by atoms with Crippen molar-refractivity contribution in [3.05, 3.63) is 64.4 Å². The van der Waals surface area contributed by atoms with Gasteiger partial charge in [-0.3, -0.25) is 13.5 Å². The van der Waals surface area contributed by atoms with Crippen LogP contribution < -0.4 is 16.2 Å². The average Bonchev–Trinajstić information content (AvgIpc) is 3.12. The van der Waals surface area contributed by atoms with E-state index in [1.54, 1.807) is 3.96 Å². The normalized spacial score (nSPS) is 15.4. The molecular weight excluding hydrogens is 471 g/mol. The van der Waals surface area contributed by atoms with Gasteiger partial charge in [-0.1, -0.05) is 41.9 Å². The van der Waals surface area contributed by atoms with E-state index in [4.69, 9.17) is 15.6 Å². The zero-order valence-corrected chi connectivity index (χ0v) is 18.9. The molecule has 3 N–H and O–H groups in total. The van der Waals surface area contributed by atoms with E-state index < -0.39 is 12.1 Å². The van der Waals surface area contributed by atoms with Crippen LogP contribution >= 0.6 is 11.5 Å². The molecule has 2 aromatic carbocycles. The molecule has 2 heterocycles. The number of carbonyl (C=O) groups is 2. The molecule has 4 rings (SSSR count). The molecule has 0 radical (unpaired) electrons. The fourth-order valence-electron chi connectivity index (χ4n) is 3.84. The molecule has 0 fully saturated rings. The van der Waals surface area contributed by atoms with Crippen molar-refractivity contribution in [1.29, 1.82) is 0 Å². The molecule has 0 saturated heterocycles. The number of amides is 1. The standard InChI is InChI=1S/C21H23N3O2S.C2HF3O2/c22-11-9-15-13-16-5-1-3-7-18(16)23(14-15)20(25)10-12-24-21(26)17-6-2-4-8-19(17)27-24;3-2(4,5)1(6)7/h1-8,15H,9-14,22H2;(H,6,7). The summed E-state index contributed by atoms with van der Waals surface area (Å²) in [6.45, 7) is 1.75. The average molecular weight is 496 g/mol. The van der Waals surface area contributed by atoms with Gasteiger partial charge < -0.3 is 15.7 Å². The lowest BCUT2D eigenvalue weighted by atomic mass is 9.90. The highest BCUT2D eigenvalue weighted by Crippen LogP contribution is 2.31. The number of aliphatic carboxylic acids is 1. The molecular formula is C23H24F3N3O4S. The molecule has 1 aliphatic heterocycles. The van der Waals surface area contributed by atoms with Gasteiger partial charge >= 0.3 is 12.1 Å². The molecule has 0 bridgehead atoms. The number of carboxylic acid groups (broad SMARTS) is 1. The van der Waals surface area contributed by atoms with Gasteiger partial charge in [0.1, 0.15) is 0 Å². The molecule has 1 atom stereocenters. The number of aryl methyl sites for hydroxylation is 1. The minimum absolute atomic E-state index is 0.0107. The molecule has 1 aromatic heterocycles. The fourth-order valence-corrected chi connectivity index (χ4v) is 4.84. The molecule has 1 unspecified atom stereocenters. The van der Waals surface area contributed by atoms with Crippen molar-refractivity contribution in [3.8, 4) is 0 Å². The molecule has 34 heavy (non-hydrogen) atoms. The Labute approximate surface area is 197 Å². The lowest BCUT2D eigenvalue weighted by Crippen LogP contribution is -2.41. The summed E-state index contributed by atoms with van der Waals surface area (Å²) in [6.07, 6.45) is -2.89. The van der Waals surface area contributed by atoms with Crippen LogP contribution in [0.15, 0.2) is 53.3 Å². The summed E-state index contributed by atoms with van der Waals surface area (Å²) in [7, 11) is 0. The number of hydrogen-bond donors (Lipinski definition) is 2. The number of benzene rings is 2. The van der Waals surface area contributed by atoms with E-state index in [9.17, 15) is 22.8 Å². The summed E-state index contributed by atoms with van der Waals surface area (Å²) in [5.74, 6) is -2.30. The number of fused-ring (bicyclic) bond motifs is 2. The maximum absolute atomic E-state index is 13.0. The zero-order chi connectivity index (χ0) is 24.9. The first-order valence-electron chi connectivity index (χ1n) is 10.6. The molecule has 3 aromatic rings. The predicted molar refractivity (Wildman–Crippen MR) is 124 cm³/mol. The van der Waals surface area contributed by atoms with Crippen LogP contribution in [0.5, 0.6) is 0 Å². The van der Waals surface area contributed by atoms with Gasteiger partial charge in [0.05, 0.1) is 10.1 Å². The van der Waals surface area contributed by atoms with E-state index in [-0.39, 0.29) is 11.5 Å². The molecule has 0 aliphatic carbocycles. The monoisotopic (exact) mass is 495 g/mol. The van der Waals surface area contributed by atoms with Crippen LogP contribution in [0, 0.1) is 5.92 Å². The fraction of sp³-hybridized carbons (Fsp3) is 0.348. The number of rotatable bonds is 5. The summed E-state index contributed by atoms with van der Waals surface area (Å²) in [6, 6.07) is 15.7. The van der Waals surface area contributed by atoms with Crippen LogP contribution in [0.3, 0.4) is 0 Å². The number of para-hydroxylation sites is 1. The summed E-state index contributed by atoms with van der Waals surface area (Å²) < 4.78 is 34.4. The van der Waals surface area contributed by atoms with E-state index >= 15 is 0 Å². The maximum atomic E-state index is 13.0. The van der Waals surface area contributed by atoms with Gasteiger partial charge in [-0.05, 0) is 49.1 Å². The van der Waals surface area contributed by atoms with Crippen LogP contribution in [-0.4, -0.2) is 40.2 Å². The summed E-state index contributed by atoms with van der Waals surface area (Å²) in [5.41, 5.74) is 7.94. The highest BCUT2D eigenvalue weighted by molar-refractivity contribution is 7.13. The Kier molecular flexibility index (Phi) is 8.11. The molecule has 1 amide bonds. The quantitative estimate of drug-likeness (QED) is 0.562. The van der Waals surface area contributed by atoms with Gasteiger partial charge in [0, 0.05) is 25.2 Å². The van der Waals surface area contributed by atoms with Crippen molar-refractivity contribution in [2.75, 3.05) is 18.0 Å². The van der Waals surface area contributed by atoms with Gasteiger partial charge in [-0.25, -0.2) is 4.79 Å². The van der Waals surface area contributed by atoms with E-state index in [1.807, 2.05) is 47.4 Å². The Morgan fingerprint density at radius 1 is 1.12 bits per heavy atom. The minimum Gasteiger partial charge on any atom is -0.475 e.